The number of benzene rings is 2. The first kappa shape index (κ1) is 18.7. The second kappa shape index (κ2) is 9.60. The first-order valence-electron chi connectivity index (χ1n) is 9.13. The highest BCUT2D eigenvalue weighted by molar-refractivity contribution is 6.30. The number of hydrogen-bond donors (Lipinski definition) is 1. The fourth-order valence-electron chi connectivity index (χ4n) is 3.07. The Labute approximate surface area is 160 Å². The number of anilines is 1. The SMILES string of the molecule is O=C(Cc1ccc(Cl)cc1)NCCCc1ccc(N2CCOCC2)cc1. The smallest absolute Gasteiger partial charge is 0.224 e. The molecule has 2 aromatic carbocycles. The summed E-state index contributed by atoms with van der Waals surface area (Å²) in [4.78, 5) is 14.3. The predicted molar refractivity (Wildman–Crippen MR) is 106 cm³/mol. The molecule has 0 bridgehead atoms. The van der Waals surface area contributed by atoms with Crippen molar-refractivity contribution < 1.29 is 9.53 Å². The van der Waals surface area contributed by atoms with Crippen LogP contribution in [0.4, 0.5) is 5.69 Å². The summed E-state index contributed by atoms with van der Waals surface area (Å²) in [5.41, 5.74) is 3.54. The van der Waals surface area contributed by atoms with E-state index in [1.807, 2.05) is 24.3 Å². The maximum atomic E-state index is 12.0. The zero-order valence-electron chi connectivity index (χ0n) is 14.9. The summed E-state index contributed by atoms with van der Waals surface area (Å²) in [5.74, 6) is 0.0509. The molecule has 0 aromatic heterocycles. The van der Waals surface area contributed by atoms with Crippen molar-refractivity contribution in [2.24, 2.45) is 0 Å². The number of nitrogens with one attached hydrogen (secondary N) is 1. The summed E-state index contributed by atoms with van der Waals surface area (Å²) >= 11 is 5.85. The largest absolute Gasteiger partial charge is 0.378 e. The molecule has 1 N–H and O–H groups in total. The first-order valence-corrected chi connectivity index (χ1v) is 9.51. The Morgan fingerprint density at radius 1 is 1.00 bits per heavy atom. The topological polar surface area (TPSA) is 41.6 Å². The summed E-state index contributed by atoms with van der Waals surface area (Å²) in [5, 5.41) is 3.67. The number of nitrogens with zero attached hydrogens (tertiary/aromatic N) is 1. The van der Waals surface area contributed by atoms with Gasteiger partial charge < -0.3 is 15.0 Å². The third-order valence-corrected chi connectivity index (χ3v) is 4.81. The van der Waals surface area contributed by atoms with Crippen molar-refractivity contribution in [2.75, 3.05) is 37.7 Å². The number of hydrogen-bond acceptors (Lipinski definition) is 3. The number of morpholine rings is 1. The summed E-state index contributed by atoms with van der Waals surface area (Å²) in [6.07, 6.45) is 2.29. The minimum atomic E-state index is 0.0509. The van der Waals surface area contributed by atoms with E-state index in [2.05, 4.69) is 34.5 Å². The van der Waals surface area contributed by atoms with Gasteiger partial charge in [-0.15, -0.1) is 0 Å². The molecule has 5 heteroatoms. The van der Waals surface area contributed by atoms with Crippen LogP contribution in [0.5, 0.6) is 0 Å². The normalized spacial score (nSPS) is 14.3. The number of aryl methyl sites for hydroxylation is 1. The van der Waals surface area contributed by atoms with Crippen LogP contribution in [0.3, 0.4) is 0 Å². The van der Waals surface area contributed by atoms with E-state index >= 15 is 0 Å². The van der Waals surface area contributed by atoms with E-state index in [0.29, 0.717) is 18.0 Å². The van der Waals surface area contributed by atoms with Gasteiger partial charge >= 0.3 is 0 Å². The monoisotopic (exact) mass is 372 g/mol. The van der Waals surface area contributed by atoms with Gasteiger partial charge in [0.2, 0.25) is 5.91 Å². The Kier molecular flexibility index (Phi) is 6.92. The average molecular weight is 373 g/mol. The van der Waals surface area contributed by atoms with Gasteiger partial charge in [0.1, 0.15) is 0 Å². The standard InChI is InChI=1S/C21H25ClN2O2/c22-19-7-3-18(4-8-19)16-21(25)23-11-1-2-17-5-9-20(10-6-17)24-12-14-26-15-13-24/h3-10H,1-2,11-16H2,(H,23,25). The molecule has 1 fully saturated rings. The van der Waals surface area contributed by atoms with Crippen LogP contribution in [-0.2, 0) is 22.4 Å². The lowest BCUT2D eigenvalue weighted by atomic mass is 10.1. The Morgan fingerprint density at radius 3 is 2.35 bits per heavy atom. The third-order valence-electron chi connectivity index (χ3n) is 4.55. The number of amides is 1. The molecule has 138 valence electrons. The van der Waals surface area contributed by atoms with Gasteiger partial charge in [0.15, 0.2) is 0 Å². The van der Waals surface area contributed by atoms with Crippen LogP contribution in [0.1, 0.15) is 17.5 Å². The third kappa shape index (κ3) is 5.75. The zero-order chi connectivity index (χ0) is 18.2. The predicted octanol–water partition coefficient (Wildman–Crippen LogP) is 3.47. The quantitative estimate of drug-likeness (QED) is 0.757. The van der Waals surface area contributed by atoms with E-state index in [1.54, 1.807) is 0 Å². The highest BCUT2D eigenvalue weighted by Gasteiger charge is 2.10. The Bertz CT molecular complexity index is 695. The van der Waals surface area contributed by atoms with Crippen LogP contribution in [0.2, 0.25) is 5.02 Å². The van der Waals surface area contributed by atoms with E-state index in [0.717, 1.165) is 44.7 Å². The minimum absolute atomic E-state index is 0.0509. The molecule has 0 spiro atoms. The van der Waals surface area contributed by atoms with Crippen LogP contribution in [0, 0.1) is 0 Å². The van der Waals surface area contributed by atoms with Gasteiger partial charge in [-0.05, 0) is 48.2 Å². The van der Waals surface area contributed by atoms with Gasteiger partial charge in [-0.3, -0.25) is 4.79 Å². The highest BCUT2D eigenvalue weighted by Crippen LogP contribution is 2.17. The lowest BCUT2D eigenvalue weighted by molar-refractivity contribution is -0.120. The van der Waals surface area contributed by atoms with Crippen LogP contribution in [-0.4, -0.2) is 38.8 Å². The van der Waals surface area contributed by atoms with Crippen LogP contribution in [0.25, 0.3) is 0 Å². The van der Waals surface area contributed by atoms with Gasteiger partial charge in [0.05, 0.1) is 19.6 Å². The molecule has 4 nitrogen and oxygen atoms in total. The number of ether oxygens (including phenoxy) is 1. The molecule has 0 unspecified atom stereocenters. The van der Waals surface area contributed by atoms with Gasteiger partial charge in [-0.2, -0.15) is 0 Å². The van der Waals surface area contributed by atoms with Crippen molar-refractivity contribution in [3.8, 4) is 0 Å². The Morgan fingerprint density at radius 2 is 1.65 bits per heavy atom. The summed E-state index contributed by atoms with van der Waals surface area (Å²) in [7, 11) is 0. The zero-order valence-corrected chi connectivity index (χ0v) is 15.7. The van der Waals surface area contributed by atoms with Gasteiger partial charge in [-0.25, -0.2) is 0 Å². The molecule has 1 aliphatic heterocycles. The van der Waals surface area contributed by atoms with Crippen molar-refractivity contribution in [3.63, 3.8) is 0 Å². The van der Waals surface area contributed by atoms with Crippen molar-refractivity contribution >= 4 is 23.2 Å². The lowest BCUT2D eigenvalue weighted by Crippen LogP contribution is -2.36. The van der Waals surface area contributed by atoms with E-state index in [9.17, 15) is 4.79 Å². The van der Waals surface area contributed by atoms with Crippen molar-refractivity contribution in [1.82, 2.24) is 5.32 Å². The fourth-order valence-corrected chi connectivity index (χ4v) is 3.19. The molecule has 1 amide bonds. The number of rotatable bonds is 7. The summed E-state index contributed by atoms with van der Waals surface area (Å²) in [6.45, 7) is 4.21. The molecule has 0 aliphatic carbocycles. The number of carbonyl (C=O) groups is 1. The molecular formula is C21H25ClN2O2. The Hall–Kier alpha value is -2.04. The molecule has 26 heavy (non-hydrogen) atoms. The van der Waals surface area contributed by atoms with Crippen LogP contribution in [0.15, 0.2) is 48.5 Å². The van der Waals surface area contributed by atoms with E-state index < -0.39 is 0 Å². The van der Waals surface area contributed by atoms with Crippen LogP contribution >= 0.6 is 11.6 Å². The lowest BCUT2D eigenvalue weighted by Gasteiger charge is -2.28. The second-order valence-electron chi connectivity index (χ2n) is 6.52. The van der Waals surface area contributed by atoms with Gasteiger partial charge in [0, 0.05) is 30.3 Å². The molecule has 0 saturated carbocycles. The van der Waals surface area contributed by atoms with E-state index in [4.69, 9.17) is 16.3 Å². The first-order chi connectivity index (χ1) is 12.7. The summed E-state index contributed by atoms with van der Waals surface area (Å²) in [6, 6.07) is 16.1. The minimum Gasteiger partial charge on any atom is -0.378 e. The van der Waals surface area contributed by atoms with Crippen LogP contribution < -0.4 is 10.2 Å². The van der Waals surface area contributed by atoms with Gasteiger partial charge in [0.25, 0.3) is 0 Å². The average Bonchev–Trinajstić information content (AvgIpc) is 2.68. The highest BCUT2D eigenvalue weighted by atomic mass is 35.5. The fraction of sp³-hybridized carbons (Fsp3) is 0.381. The molecular weight excluding hydrogens is 348 g/mol. The molecule has 3 rings (SSSR count). The molecule has 0 radical (unpaired) electrons. The van der Waals surface area contributed by atoms with Crippen molar-refractivity contribution in [1.29, 1.82) is 0 Å². The number of halogens is 1. The second-order valence-corrected chi connectivity index (χ2v) is 6.96. The van der Waals surface area contributed by atoms with E-state index in [1.165, 1.54) is 11.3 Å². The molecule has 1 heterocycles. The maximum absolute atomic E-state index is 12.0. The van der Waals surface area contributed by atoms with Gasteiger partial charge in [-0.1, -0.05) is 35.9 Å². The molecule has 0 atom stereocenters. The maximum Gasteiger partial charge on any atom is 0.224 e. The van der Waals surface area contributed by atoms with Crippen molar-refractivity contribution in [3.05, 3.63) is 64.7 Å². The van der Waals surface area contributed by atoms with Crippen molar-refractivity contribution in [2.45, 2.75) is 19.3 Å². The molecule has 1 saturated heterocycles. The molecule has 1 aliphatic rings. The van der Waals surface area contributed by atoms with E-state index in [-0.39, 0.29) is 5.91 Å². The Balaban J connectivity index is 1.36. The molecule has 2 aromatic rings. The number of carbonyl (C=O) groups excluding carboxylic acids is 1. The summed E-state index contributed by atoms with van der Waals surface area (Å²) < 4.78 is 5.39.